The highest BCUT2D eigenvalue weighted by atomic mass is 32.2. The standard InChI is InChI=1S/C17H19N5O2S2/c23-17(20-12-3-4-15-16(8-12)26-21-25-15)22-7-6-19-9-13(22)11-24-14-2-1-5-18-10-14/h1-5,8,10,13,19,21H,6-7,9,11H2,(H,20,23). The predicted molar refractivity (Wildman–Crippen MR) is 103 cm³/mol. The lowest BCUT2D eigenvalue weighted by atomic mass is 10.2. The van der Waals surface area contributed by atoms with Crippen molar-refractivity contribution in [3.63, 3.8) is 0 Å². The van der Waals surface area contributed by atoms with Crippen LogP contribution in [0.5, 0.6) is 5.75 Å². The minimum absolute atomic E-state index is 0.0371. The molecule has 2 aliphatic rings. The number of ether oxygens (including phenoxy) is 1. The molecule has 2 aromatic rings. The number of fused-ring (bicyclic) bond motifs is 1. The summed E-state index contributed by atoms with van der Waals surface area (Å²) in [4.78, 5) is 21.0. The van der Waals surface area contributed by atoms with E-state index in [1.54, 1.807) is 36.3 Å². The Morgan fingerprint density at radius 3 is 3.15 bits per heavy atom. The predicted octanol–water partition coefficient (Wildman–Crippen LogP) is 2.58. The van der Waals surface area contributed by atoms with Gasteiger partial charge in [0.15, 0.2) is 0 Å². The van der Waals surface area contributed by atoms with Gasteiger partial charge in [-0.1, -0.05) is 0 Å². The van der Waals surface area contributed by atoms with Crippen molar-refractivity contribution >= 4 is 35.6 Å². The molecule has 0 spiro atoms. The van der Waals surface area contributed by atoms with Crippen LogP contribution in [0.1, 0.15) is 0 Å². The normalized spacial score (nSPS) is 19.1. The minimum Gasteiger partial charge on any atom is -0.490 e. The number of nitrogens with one attached hydrogen (secondary N) is 3. The van der Waals surface area contributed by atoms with E-state index in [9.17, 15) is 4.79 Å². The van der Waals surface area contributed by atoms with Gasteiger partial charge in [-0.15, -0.1) is 0 Å². The zero-order chi connectivity index (χ0) is 17.8. The Hall–Kier alpha value is -1.94. The van der Waals surface area contributed by atoms with Gasteiger partial charge in [0.2, 0.25) is 0 Å². The van der Waals surface area contributed by atoms with Crippen molar-refractivity contribution in [2.75, 3.05) is 31.6 Å². The number of hydrogen-bond acceptors (Lipinski definition) is 7. The van der Waals surface area contributed by atoms with E-state index in [-0.39, 0.29) is 12.1 Å². The van der Waals surface area contributed by atoms with Crippen molar-refractivity contribution < 1.29 is 9.53 Å². The Bertz CT molecular complexity index is 777. The molecule has 0 radical (unpaired) electrons. The molecule has 0 bridgehead atoms. The molecule has 9 heteroatoms. The fourth-order valence-corrected chi connectivity index (χ4v) is 4.64. The van der Waals surface area contributed by atoms with Crippen molar-refractivity contribution in [3.8, 4) is 5.75 Å². The highest BCUT2D eigenvalue weighted by Crippen LogP contribution is 2.38. The van der Waals surface area contributed by atoms with Crippen LogP contribution < -0.4 is 19.5 Å². The maximum Gasteiger partial charge on any atom is 0.322 e. The van der Waals surface area contributed by atoms with Gasteiger partial charge >= 0.3 is 6.03 Å². The van der Waals surface area contributed by atoms with Gasteiger partial charge in [-0.2, -0.15) is 4.13 Å². The molecule has 1 aromatic heterocycles. The van der Waals surface area contributed by atoms with Gasteiger partial charge in [0.05, 0.1) is 12.2 Å². The third-order valence-corrected chi connectivity index (χ3v) is 6.12. The van der Waals surface area contributed by atoms with E-state index >= 15 is 0 Å². The van der Waals surface area contributed by atoms with Gasteiger partial charge in [-0.3, -0.25) is 4.98 Å². The third kappa shape index (κ3) is 4.07. The van der Waals surface area contributed by atoms with Crippen LogP contribution >= 0.6 is 23.9 Å². The lowest BCUT2D eigenvalue weighted by Crippen LogP contribution is -2.57. The molecule has 2 aliphatic heterocycles. The van der Waals surface area contributed by atoms with Crippen LogP contribution in [0, 0.1) is 0 Å². The number of benzene rings is 1. The lowest BCUT2D eigenvalue weighted by molar-refractivity contribution is 0.133. The second kappa shape index (κ2) is 8.17. The molecule has 0 saturated carbocycles. The summed E-state index contributed by atoms with van der Waals surface area (Å²) in [5.74, 6) is 0.707. The number of piperazine rings is 1. The van der Waals surface area contributed by atoms with Gasteiger partial charge in [0.25, 0.3) is 0 Å². The van der Waals surface area contributed by atoms with E-state index in [0.29, 0.717) is 25.4 Å². The molecule has 2 amide bonds. The van der Waals surface area contributed by atoms with Crippen LogP contribution in [0.2, 0.25) is 0 Å². The second-order valence-electron chi connectivity index (χ2n) is 5.93. The van der Waals surface area contributed by atoms with Crippen LogP contribution in [0.4, 0.5) is 10.5 Å². The van der Waals surface area contributed by atoms with E-state index in [4.69, 9.17) is 4.74 Å². The van der Waals surface area contributed by atoms with Crippen LogP contribution in [0.25, 0.3) is 0 Å². The molecule has 1 fully saturated rings. The quantitative estimate of drug-likeness (QED) is 0.694. The molecule has 1 unspecified atom stereocenters. The number of hydrogen-bond donors (Lipinski definition) is 3. The number of urea groups is 1. The molecule has 0 aliphatic carbocycles. The summed E-state index contributed by atoms with van der Waals surface area (Å²) >= 11 is 3.15. The van der Waals surface area contributed by atoms with E-state index in [0.717, 1.165) is 17.1 Å². The Morgan fingerprint density at radius 1 is 1.35 bits per heavy atom. The summed E-state index contributed by atoms with van der Waals surface area (Å²) in [5.41, 5.74) is 0.802. The zero-order valence-corrected chi connectivity index (χ0v) is 15.6. The van der Waals surface area contributed by atoms with Crippen molar-refractivity contribution in [2.24, 2.45) is 0 Å². The minimum atomic E-state index is -0.102. The van der Waals surface area contributed by atoms with Crippen molar-refractivity contribution in [2.45, 2.75) is 15.8 Å². The largest absolute Gasteiger partial charge is 0.490 e. The van der Waals surface area contributed by atoms with Crippen LogP contribution in [0.15, 0.2) is 52.5 Å². The van der Waals surface area contributed by atoms with Crippen LogP contribution in [-0.2, 0) is 0 Å². The fraction of sp³-hybridized carbons (Fsp3) is 0.294. The molecule has 3 heterocycles. The van der Waals surface area contributed by atoms with Gasteiger partial charge in [0.1, 0.15) is 12.4 Å². The number of anilines is 1. The Labute approximate surface area is 160 Å². The molecule has 7 nitrogen and oxygen atoms in total. The molecule has 26 heavy (non-hydrogen) atoms. The monoisotopic (exact) mass is 389 g/mol. The number of aromatic nitrogens is 1. The average molecular weight is 390 g/mol. The number of amides is 2. The number of carbonyl (C=O) groups is 1. The van der Waals surface area contributed by atoms with Crippen LogP contribution in [0.3, 0.4) is 0 Å². The Balaban J connectivity index is 1.39. The van der Waals surface area contributed by atoms with Crippen molar-refractivity contribution in [1.29, 1.82) is 0 Å². The van der Waals surface area contributed by atoms with Gasteiger partial charge < -0.3 is 20.3 Å². The summed E-state index contributed by atoms with van der Waals surface area (Å²) in [6.45, 7) is 2.54. The zero-order valence-electron chi connectivity index (χ0n) is 14.0. The van der Waals surface area contributed by atoms with Gasteiger partial charge in [-0.25, -0.2) is 4.79 Å². The van der Waals surface area contributed by atoms with Crippen LogP contribution in [-0.4, -0.2) is 48.2 Å². The van der Waals surface area contributed by atoms with Gasteiger partial charge in [-0.05, 0) is 54.2 Å². The first-order chi connectivity index (χ1) is 12.8. The maximum atomic E-state index is 12.8. The summed E-state index contributed by atoms with van der Waals surface area (Å²) in [5, 5.41) is 6.33. The highest BCUT2D eigenvalue weighted by molar-refractivity contribution is 8.15. The highest BCUT2D eigenvalue weighted by Gasteiger charge is 2.27. The van der Waals surface area contributed by atoms with E-state index in [2.05, 4.69) is 19.7 Å². The summed E-state index contributed by atoms with van der Waals surface area (Å²) in [6, 6.07) is 9.50. The molecule has 1 aromatic carbocycles. The summed E-state index contributed by atoms with van der Waals surface area (Å²) < 4.78 is 8.95. The number of nitrogens with zero attached hydrogens (tertiary/aromatic N) is 2. The SMILES string of the molecule is O=C(Nc1ccc2c(c1)SNS2)N1CCNCC1COc1cccnc1. The molecular formula is C17H19N5O2S2. The summed E-state index contributed by atoms with van der Waals surface area (Å²) in [6.07, 6.45) is 3.38. The molecular weight excluding hydrogens is 370 g/mol. The molecule has 3 N–H and O–H groups in total. The number of pyridine rings is 1. The average Bonchev–Trinajstić information content (AvgIpc) is 3.15. The first kappa shape index (κ1) is 17.5. The maximum absolute atomic E-state index is 12.8. The first-order valence-electron chi connectivity index (χ1n) is 8.33. The number of carbonyl (C=O) groups excluding carboxylic acids is 1. The molecule has 1 saturated heterocycles. The van der Waals surface area contributed by atoms with E-state index < -0.39 is 0 Å². The van der Waals surface area contributed by atoms with E-state index in [1.165, 1.54) is 4.90 Å². The third-order valence-electron chi connectivity index (χ3n) is 4.19. The molecule has 136 valence electrons. The smallest absolute Gasteiger partial charge is 0.322 e. The van der Waals surface area contributed by atoms with Crippen molar-refractivity contribution in [1.82, 2.24) is 19.3 Å². The van der Waals surface area contributed by atoms with Gasteiger partial charge in [0, 0.05) is 41.3 Å². The van der Waals surface area contributed by atoms with E-state index in [1.807, 2.05) is 35.2 Å². The Kier molecular flexibility index (Phi) is 5.49. The summed E-state index contributed by atoms with van der Waals surface area (Å²) in [7, 11) is 0. The van der Waals surface area contributed by atoms with Crippen molar-refractivity contribution in [3.05, 3.63) is 42.7 Å². The Morgan fingerprint density at radius 2 is 2.27 bits per heavy atom. The fourth-order valence-electron chi connectivity index (χ4n) is 2.86. The first-order valence-corrected chi connectivity index (χ1v) is 9.97. The number of rotatable bonds is 4. The lowest BCUT2D eigenvalue weighted by Gasteiger charge is -2.35. The second-order valence-corrected chi connectivity index (χ2v) is 7.88. The molecule has 1 atom stereocenters. The molecule has 4 rings (SSSR count). The topological polar surface area (TPSA) is 78.5 Å².